The fraction of sp³-hybridized carbons (Fsp3) is 0.852. The summed E-state index contributed by atoms with van der Waals surface area (Å²) in [6, 6.07) is 0. The van der Waals surface area contributed by atoms with E-state index < -0.39 is 73.6 Å². The zero-order valence-electron chi connectivity index (χ0n) is 41.1. The third-order valence-electron chi connectivity index (χ3n) is 21.7. The lowest BCUT2D eigenvalue weighted by molar-refractivity contribution is -0.290. The summed E-state index contributed by atoms with van der Waals surface area (Å²) in [6.45, 7) is 13.3. The summed E-state index contributed by atoms with van der Waals surface area (Å²) in [5, 5.41) is 86.6. The molecule has 24 atom stereocenters. The van der Waals surface area contributed by atoms with Crippen LogP contribution in [0.1, 0.15) is 129 Å². The molecule has 0 radical (unpaired) electrons. The average Bonchev–Trinajstić information content (AvgIpc) is 3.80. The summed E-state index contributed by atoms with van der Waals surface area (Å²) < 4.78 is 23.3. The minimum absolute atomic E-state index is 0.0813. The molecular weight excluding hydrogens is 869 g/mol. The molecule has 3 heterocycles. The van der Waals surface area contributed by atoms with Gasteiger partial charge in [0.05, 0.1) is 60.4 Å². The van der Waals surface area contributed by atoms with Crippen LogP contribution in [0.25, 0.3) is 0 Å². The van der Waals surface area contributed by atoms with Crippen molar-refractivity contribution in [2.75, 3.05) is 13.2 Å². The number of aliphatic hydroxyl groups is 8. The summed E-state index contributed by atoms with van der Waals surface area (Å²) in [7, 11) is 0. The molecule has 2 aliphatic heterocycles. The number of fused-ring (bicyclic) bond motifs is 12. The van der Waals surface area contributed by atoms with Gasteiger partial charge in [0.15, 0.2) is 12.6 Å². The fourth-order valence-electron chi connectivity index (χ4n) is 18.1. The van der Waals surface area contributed by atoms with E-state index in [4.69, 9.17) is 28.9 Å². The Morgan fingerprint density at radius 1 is 0.529 bits per heavy atom. The molecule has 8 N–H and O–H groups in total. The maximum Gasteiger partial charge on any atom is 0.186 e. The molecule has 2 saturated heterocycles. The van der Waals surface area contributed by atoms with Crippen molar-refractivity contribution in [2.24, 2.45) is 69.0 Å². The van der Waals surface area contributed by atoms with Gasteiger partial charge in [0.2, 0.25) is 0 Å². The van der Waals surface area contributed by atoms with Gasteiger partial charge >= 0.3 is 0 Å². The minimum atomic E-state index is -1.33. The average molecular weight is 949 g/mol. The van der Waals surface area contributed by atoms with Crippen LogP contribution in [0.15, 0.2) is 23.3 Å². The molecule has 10 aliphatic rings. The van der Waals surface area contributed by atoms with Gasteiger partial charge in [-0.15, -0.1) is 0 Å². The number of hydrogen-bond donors (Lipinski definition) is 8. The molecule has 1 aromatic rings. The first-order valence-electron chi connectivity index (χ1n) is 26.5. The van der Waals surface area contributed by atoms with Crippen molar-refractivity contribution >= 4 is 0 Å². The summed E-state index contributed by atoms with van der Waals surface area (Å²) >= 11 is 0. The number of nitrogens with zero attached hydrogens (tertiary/aromatic N) is 2. The largest absolute Gasteiger partial charge is 0.393 e. The quantitative estimate of drug-likeness (QED) is 0.190. The predicted octanol–water partition coefficient (Wildman–Crippen LogP) is 3.87. The Bertz CT molecular complexity index is 2010. The SMILES string of the molecule is C[C@@H]1O[C@H](OC/C=C2\CC[C@H]3[C@@H]4CC[C@H]5Cc6nc7c(nc6C[C@]5(C)[C@H]4[C@@H](O)C[C@]23C)C[C@@H]2CC[C@@H]3[C@H]([C@@H](O)C[C@]4(C)/C(=C/CO[C@H]5O[C@@H](C)[C@H](O)[C@@H](O)[C@H]5O)CC[C@@H]34)[C@@]2(C)C7)[C@H](O)[C@H](O)[C@H]1O. The fourth-order valence-corrected chi connectivity index (χ4v) is 18.1. The summed E-state index contributed by atoms with van der Waals surface area (Å²) in [6.07, 6.45) is 5.68. The van der Waals surface area contributed by atoms with Gasteiger partial charge in [0.25, 0.3) is 0 Å². The van der Waals surface area contributed by atoms with Crippen molar-refractivity contribution in [3.8, 4) is 0 Å². The number of ether oxygens (including phenoxy) is 4. The zero-order valence-corrected chi connectivity index (χ0v) is 41.1. The Hall–Kier alpha value is -1.92. The van der Waals surface area contributed by atoms with Gasteiger partial charge in [0, 0.05) is 0 Å². The van der Waals surface area contributed by atoms with E-state index in [1.807, 2.05) is 0 Å². The van der Waals surface area contributed by atoms with E-state index >= 15 is 0 Å². The van der Waals surface area contributed by atoms with Gasteiger partial charge in [0.1, 0.15) is 36.6 Å². The second kappa shape index (κ2) is 17.4. The monoisotopic (exact) mass is 949 g/mol. The van der Waals surface area contributed by atoms with Crippen molar-refractivity contribution in [3.63, 3.8) is 0 Å². The van der Waals surface area contributed by atoms with Crippen LogP contribution in [-0.4, -0.2) is 138 Å². The maximum absolute atomic E-state index is 12.4. The lowest BCUT2D eigenvalue weighted by Crippen LogP contribution is -2.59. The van der Waals surface area contributed by atoms with Crippen LogP contribution in [-0.2, 0) is 44.6 Å². The standard InChI is InChI=1S/C54H80N2O12/c1-25-43(59)45(61)47(63)49(67-25)65-17-15-27-9-13-33-31-11-7-29-19-35-37(21-53(29,5)41(31)39(57)23-51(27,33)3)55-36-20-30-8-12-32-34-14-10-28(16-18-66-50-48(64)46(62)44(60)26(2)68-50)52(34,4)24-40(58)42(32)54(30,6)22-38(36)56-35/h15-16,25-26,29-34,39-50,57-64H,7-14,17-24H2,1-6H3/b27-15+,28-16+/t25-,26-,29-,30-,31-,32-,33-,34-,39-,40-,41+,42+,43-,44-,45+,46+,47+,48+,49-,50-,51+,52+,53-,54-/m0/s1. The Balaban J connectivity index is 0.770. The second-order valence-corrected chi connectivity index (χ2v) is 24.9. The van der Waals surface area contributed by atoms with Gasteiger partial charge in [-0.2, -0.15) is 0 Å². The molecule has 0 spiro atoms. The van der Waals surface area contributed by atoms with E-state index in [-0.39, 0.29) is 46.7 Å². The van der Waals surface area contributed by atoms with E-state index in [0.717, 1.165) is 99.8 Å². The lowest BCUT2D eigenvalue weighted by Gasteiger charge is -2.62. The van der Waals surface area contributed by atoms with Gasteiger partial charge in [-0.3, -0.25) is 9.97 Å². The molecule has 0 bridgehead atoms. The molecule has 8 aliphatic carbocycles. The van der Waals surface area contributed by atoms with E-state index in [1.165, 1.54) is 11.1 Å². The van der Waals surface area contributed by atoms with Crippen LogP contribution in [0.4, 0.5) is 0 Å². The highest BCUT2D eigenvalue weighted by Crippen LogP contribution is 2.69. The van der Waals surface area contributed by atoms with Gasteiger partial charge in [-0.05, 0) is 173 Å². The number of aromatic nitrogens is 2. The lowest BCUT2D eigenvalue weighted by atomic mass is 9.44. The van der Waals surface area contributed by atoms with Crippen LogP contribution in [0.5, 0.6) is 0 Å². The highest BCUT2D eigenvalue weighted by atomic mass is 16.7. The van der Waals surface area contributed by atoms with Crippen molar-refractivity contribution < 1.29 is 59.8 Å². The summed E-state index contributed by atoms with van der Waals surface area (Å²) in [5.41, 5.74) is 6.72. The summed E-state index contributed by atoms with van der Waals surface area (Å²) in [5.74, 6) is 2.94. The maximum atomic E-state index is 12.4. The molecule has 14 nitrogen and oxygen atoms in total. The Kier molecular flexibility index (Phi) is 12.3. The van der Waals surface area contributed by atoms with Crippen LogP contribution in [0.2, 0.25) is 0 Å². The molecule has 68 heavy (non-hydrogen) atoms. The van der Waals surface area contributed by atoms with E-state index in [0.29, 0.717) is 48.3 Å². The minimum Gasteiger partial charge on any atom is -0.393 e. The number of aliphatic hydroxyl groups excluding tert-OH is 8. The highest BCUT2D eigenvalue weighted by Gasteiger charge is 2.64. The molecule has 11 rings (SSSR count). The normalized spacial score (nSPS) is 53.9. The first kappa shape index (κ1) is 48.4. The van der Waals surface area contributed by atoms with E-state index in [1.54, 1.807) is 13.8 Å². The first-order chi connectivity index (χ1) is 32.3. The molecule has 0 aromatic carbocycles. The smallest absolute Gasteiger partial charge is 0.186 e. The third-order valence-corrected chi connectivity index (χ3v) is 21.7. The Morgan fingerprint density at radius 2 is 0.926 bits per heavy atom. The molecule has 8 fully saturated rings. The highest BCUT2D eigenvalue weighted by molar-refractivity contribution is 5.33. The number of hydrogen-bond acceptors (Lipinski definition) is 14. The van der Waals surface area contributed by atoms with Crippen molar-refractivity contribution in [3.05, 3.63) is 46.1 Å². The first-order valence-corrected chi connectivity index (χ1v) is 26.5. The van der Waals surface area contributed by atoms with Gasteiger partial charge < -0.3 is 59.8 Å². The molecule has 0 amide bonds. The van der Waals surface area contributed by atoms with Crippen molar-refractivity contribution in [1.82, 2.24) is 9.97 Å². The van der Waals surface area contributed by atoms with Gasteiger partial charge in [-0.25, -0.2) is 0 Å². The topological polar surface area (TPSA) is 225 Å². The number of allylic oxidation sites excluding steroid dienone is 2. The second-order valence-electron chi connectivity index (χ2n) is 24.9. The predicted molar refractivity (Wildman–Crippen MR) is 248 cm³/mol. The number of rotatable bonds is 6. The molecule has 6 saturated carbocycles. The van der Waals surface area contributed by atoms with E-state index in [2.05, 4.69) is 39.8 Å². The van der Waals surface area contributed by atoms with Crippen LogP contribution in [0.3, 0.4) is 0 Å². The molecule has 1 aromatic heterocycles. The molecular formula is C54H80N2O12. The van der Waals surface area contributed by atoms with E-state index in [9.17, 15) is 40.9 Å². The van der Waals surface area contributed by atoms with Crippen LogP contribution < -0.4 is 0 Å². The van der Waals surface area contributed by atoms with Crippen LogP contribution in [0, 0.1) is 69.0 Å². The van der Waals surface area contributed by atoms with Crippen molar-refractivity contribution in [1.29, 1.82) is 0 Å². The summed E-state index contributed by atoms with van der Waals surface area (Å²) in [4.78, 5) is 11.2. The van der Waals surface area contributed by atoms with Gasteiger partial charge in [-0.1, -0.05) is 51.0 Å². The van der Waals surface area contributed by atoms with Crippen molar-refractivity contribution in [2.45, 2.75) is 205 Å². The molecule has 14 heteroatoms. The molecule has 0 unspecified atom stereocenters. The molecule has 378 valence electrons. The Morgan fingerprint density at radius 3 is 1.32 bits per heavy atom. The third kappa shape index (κ3) is 7.36. The zero-order chi connectivity index (χ0) is 48.0. The van der Waals surface area contributed by atoms with Crippen LogP contribution >= 0.6 is 0 Å². The Labute approximate surface area is 401 Å².